The van der Waals surface area contributed by atoms with Gasteiger partial charge in [-0.2, -0.15) is 5.10 Å². The zero-order valence-corrected chi connectivity index (χ0v) is 13.0. The van der Waals surface area contributed by atoms with Gasteiger partial charge in [0.1, 0.15) is 5.69 Å². The number of hydrogen-bond donors (Lipinski definition) is 2. The Hall–Kier alpha value is -1.89. The number of carbonyl (C=O) groups is 2. The molecule has 122 valence electrons. The Bertz CT molecular complexity index is 521. The van der Waals surface area contributed by atoms with Crippen LogP contribution < -0.4 is 0 Å². The molecule has 0 aromatic carbocycles. The summed E-state index contributed by atoms with van der Waals surface area (Å²) in [6.07, 6.45) is 1.78. The second kappa shape index (κ2) is 7.40. The van der Waals surface area contributed by atoms with Crippen molar-refractivity contribution >= 4 is 11.9 Å². The van der Waals surface area contributed by atoms with Gasteiger partial charge in [-0.1, -0.05) is 13.8 Å². The normalized spacial score (nSPS) is 17.9. The van der Waals surface area contributed by atoms with E-state index < -0.39 is 5.97 Å². The smallest absolute Gasteiger partial charge is 0.305 e. The first-order valence-corrected chi connectivity index (χ1v) is 7.65. The summed E-state index contributed by atoms with van der Waals surface area (Å²) in [6.45, 7) is 5.30. The number of carboxylic acid groups (broad SMARTS) is 1. The van der Waals surface area contributed by atoms with E-state index in [1.807, 2.05) is 13.8 Å². The summed E-state index contributed by atoms with van der Waals surface area (Å²) in [5.74, 6) is -0.922. The largest absolute Gasteiger partial charge is 0.481 e. The van der Waals surface area contributed by atoms with Crippen molar-refractivity contribution in [1.29, 1.82) is 0 Å². The number of aromatic amines is 1. The number of amides is 1. The topological polar surface area (TPSA) is 95.5 Å². The summed E-state index contributed by atoms with van der Waals surface area (Å²) in [4.78, 5) is 24.9. The maximum absolute atomic E-state index is 12.6. The molecular formula is C15H23N3O4. The second-order valence-corrected chi connectivity index (χ2v) is 5.89. The Kier molecular flexibility index (Phi) is 5.54. The molecular weight excluding hydrogens is 286 g/mol. The van der Waals surface area contributed by atoms with E-state index in [9.17, 15) is 9.59 Å². The summed E-state index contributed by atoms with van der Waals surface area (Å²) in [6, 6.07) is 1.73. The van der Waals surface area contributed by atoms with Crippen molar-refractivity contribution in [3.8, 4) is 0 Å². The molecule has 1 aliphatic rings. The van der Waals surface area contributed by atoms with Crippen LogP contribution in [-0.4, -0.2) is 57.9 Å². The molecule has 2 heterocycles. The molecule has 0 saturated carbocycles. The van der Waals surface area contributed by atoms with Crippen molar-refractivity contribution in [1.82, 2.24) is 15.1 Å². The van der Waals surface area contributed by atoms with Crippen molar-refractivity contribution in [2.24, 2.45) is 0 Å². The maximum atomic E-state index is 12.6. The van der Waals surface area contributed by atoms with E-state index in [0.717, 1.165) is 18.5 Å². The third kappa shape index (κ3) is 4.30. The third-order valence-electron chi connectivity index (χ3n) is 3.77. The van der Waals surface area contributed by atoms with Gasteiger partial charge in [0.05, 0.1) is 12.5 Å². The van der Waals surface area contributed by atoms with Crippen molar-refractivity contribution in [2.45, 2.75) is 45.1 Å². The molecule has 22 heavy (non-hydrogen) atoms. The highest BCUT2D eigenvalue weighted by atomic mass is 16.5. The number of nitrogens with zero attached hydrogens (tertiary/aromatic N) is 2. The quantitative estimate of drug-likeness (QED) is 0.798. The van der Waals surface area contributed by atoms with Gasteiger partial charge in [-0.3, -0.25) is 14.7 Å². The Labute approximate surface area is 129 Å². The lowest BCUT2D eigenvalue weighted by Crippen LogP contribution is -2.39. The SMILES string of the molecule is CC(C)c1cc(C(=O)N(CCC(=O)O)C[C@@H]2CCCO2)n[nH]1. The number of carbonyl (C=O) groups excluding carboxylic acids is 1. The lowest BCUT2D eigenvalue weighted by atomic mass is 10.1. The standard InChI is InChI=1S/C15H23N3O4/c1-10(2)12-8-13(17-16-12)15(21)18(6-5-14(19)20)9-11-4-3-7-22-11/h8,10-11H,3-7,9H2,1-2H3,(H,16,17)(H,19,20)/t11-/m0/s1. The molecule has 1 aromatic rings. The Balaban J connectivity index is 2.07. The number of aliphatic carboxylic acids is 1. The van der Waals surface area contributed by atoms with Crippen molar-refractivity contribution in [3.05, 3.63) is 17.5 Å². The molecule has 1 amide bonds. The van der Waals surface area contributed by atoms with E-state index in [-0.39, 0.29) is 30.9 Å². The fourth-order valence-corrected chi connectivity index (χ4v) is 2.44. The molecule has 2 N–H and O–H groups in total. The minimum Gasteiger partial charge on any atom is -0.481 e. The second-order valence-electron chi connectivity index (χ2n) is 5.89. The van der Waals surface area contributed by atoms with Crippen LogP contribution in [0, 0.1) is 0 Å². The number of ether oxygens (including phenoxy) is 1. The zero-order valence-electron chi connectivity index (χ0n) is 13.0. The molecule has 0 unspecified atom stereocenters. The number of hydrogen-bond acceptors (Lipinski definition) is 4. The predicted molar refractivity (Wildman–Crippen MR) is 79.8 cm³/mol. The fraction of sp³-hybridized carbons (Fsp3) is 0.667. The number of nitrogens with one attached hydrogen (secondary N) is 1. The first kappa shape index (κ1) is 16.5. The number of rotatable bonds is 7. The molecule has 1 fully saturated rings. The van der Waals surface area contributed by atoms with Gasteiger partial charge < -0.3 is 14.7 Å². The molecule has 7 heteroatoms. The molecule has 7 nitrogen and oxygen atoms in total. The van der Waals surface area contributed by atoms with E-state index in [1.165, 1.54) is 4.90 Å². The number of H-pyrrole nitrogens is 1. The summed E-state index contributed by atoms with van der Waals surface area (Å²) in [5.41, 5.74) is 1.21. The predicted octanol–water partition coefficient (Wildman–Crippen LogP) is 1.63. The third-order valence-corrected chi connectivity index (χ3v) is 3.77. The van der Waals surface area contributed by atoms with E-state index in [2.05, 4.69) is 10.2 Å². The van der Waals surface area contributed by atoms with Crippen LogP contribution in [0.5, 0.6) is 0 Å². The van der Waals surface area contributed by atoms with Gasteiger partial charge in [-0.05, 0) is 24.8 Å². The molecule has 2 rings (SSSR count). The monoisotopic (exact) mass is 309 g/mol. The molecule has 0 aliphatic carbocycles. The Morgan fingerprint density at radius 3 is 2.86 bits per heavy atom. The Morgan fingerprint density at radius 1 is 1.55 bits per heavy atom. The first-order valence-electron chi connectivity index (χ1n) is 7.65. The highest BCUT2D eigenvalue weighted by Crippen LogP contribution is 2.17. The van der Waals surface area contributed by atoms with Crippen LogP contribution in [0.3, 0.4) is 0 Å². The van der Waals surface area contributed by atoms with E-state index in [1.54, 1.807) is 6.07 Å². The molecule has 1 saturated heterocycles. The summed E-state index contributed by atoms with van der Waals surface area (Å²) in [7, 11) is 0. The average molecular weight is 309 g/mol. The van der Waals surface area contributed by atoms with Gasteiger partial charge in [0.15, 0.2) is 0 Å². The minimum absolute atomic E-state index is 0.0127. The van der Waals surface area contributed by atoms with E-state index in [4.69, 9.17) is 9.84 Å². The van der Waals surface area contributed by atoms with Crippen LogP contribution in [0.4, 0.5) is 0 Å². The van der Waals surface area contributed by atoms with Gasteiger partial charge in [0, 0.05) is 25.4 Å². The van der Waals surface area contributed by atoms with Crippen LogP contribution in [0.1, 0.15) is 55.2 Å². The number of carboxylic acids is 1. The highest BCUT2D eigenvalue weighted by Gasteiger charge is 2.25. The summed E-state index contributed by atoms with van der Waals surface area (Å²) < 4.78 is 5.55. The van der Waals surface area contributed by atoms with Gasteiger partial charge >= 0.3 is 5.97 Å². The van der Waals surface area contributed by atoms with Crippen LogP contribution >= 0.6 is 0 Å². The highest BCUT2D eigenvalue weighted by molar-refractivity contribution is 5.92. The van der Waals surface area contributed by atoms with Crippen LogP contribution in [-0.2, 0) is 9.53 Å². The van der Waals surface area contributed by atoms with Crippen LogP contribution in [0.25, 0.3) is 0 Å². The molecule has 0 radical (unpaired) electrons. The minimum atomic E-state index is -0.921. The lowest BCUT2D eigenvalue weighted by Gasteiger charge is -2.24. The summed E-state index contributed by atoms with van der Waals surface area (Å²) >= 11 is 0. The average Bonchev–Trinajstić information content (AvgIpc) is 3.13. The van der Waals surface area contributed by atoms with E-state index >= 15 is 0 Å². The number of aromatic nitrogens is 2. The van der Waals surface area contributed by atoms with Gasteiger partial charge in [-0.25, -0.2) is 0 Å². The molecule has 1 aliphatic heterocycles. The van der Waals surface area contributed by atoms with Crippen molar-refractivity contribution in [2.75, 3.05) is 19.7 Å². The molecule has 1 atom stereocenters. The first-order chi connectivity index (χ1) is 10.5. The Morgan fingerprint density at radius 2 is 2.32 bits per heavy atom. The van der Waals surface area contributed by atoms with Crippen LogP contribution in [0.15, 0.2) is 6.07 Å². The van der Waals surface area contributed by atoms with E-state index in [0.29, 0.717) is 18.8 Å². The van der Waals surface area contributed by atoms with Crippen molar-refractivity contribution in [3.63, 3.8) is 0 Å². The molecule has 0 bridgehead atoms. The molecule has 1 aromatic heterocycles. The van der Waals surface area contributed by atoms with Gasteiger partial charge in [0.25, 0.3) is 5.91 Å². The fourth-order valence-electron chi connectivity index (χ4n) is 2.44. The van der Waals surface area contributed by atoms with Crippen LogP contribution in [0.2, 0.25) is 0 Å². The summed E-state index contributed by atoms with van der Waals surface area (Å²) in [5, 5.41) is 15.8. The van der Waals surface area contributed by atoms with Gasteiger partial charge in [-0.15, -0.1) is 0 Å². The van der Waals surface area contributed by atoms with Crippen molar-refractivity contribution < 1.29 is 19.4 Å². The molecule has 0 spiro atoms. The van der Waals surface area contributed by atoms with Gasteiger partial charge in [0.2, 0.25) is 0 Å². The maximum Gasteiger partial charge on any atom is 0.305 e. The lowest BCUT2D eigenvalue weighted by molar-refractivity contribution is -0.137. The zero-order chi connectivity index (χ0) is 16.1.